The van der Waals surface area contributed by atoms with Crippen molar-refractivity contribution in [1.29, 1.82) is 0 Å². The average molecular weight is 198 g/mol. The summed E-state index contributed by atoms with van der Waals surface area (Å²) in [6, 6.07) is 0. The van der Waals surface area contributed by atoms with Crippen molar-refractivity contribution in [2.45, 2.75) is 46.3 Å². The van der Waals surface area contributed by atoms with Crippen molar-refractivity contribution in [3.63, 3.8) is 0 Å². The van der Waals surface area contributed by atoms with Gasteiger partial charge in [0, 0.05) is 6.42 Å². The van der Waals surface area contributed by atoms with Crippen LogP contribution < -0.4 is 0 Å². The number of rotatable bonds is 3. The monoisotopic (exact) mass is 198 g/mol. The quantitative estimate of drug-likeness (QED) is 0.649. The largest absolute Gasteiger partial charge is 0.504 e. The molecule has 0 aromatic carbocycles. The third-order valence-electron chi connectivity index (χ3n) is 2.74. The molecule has 0 aliphatic carbocycles. The highest BCUT2D eigenvalue weighted by Gasteiger charge is 2.33. The van der Waals surface area contributed by atoms with E-state index in [1.807, 2.05) is 6.26 Å². The molecule has 2 heteroatoms. The van der Waals surface area contributed by atoms with Crippen molar-refractivity contribution in [1.82, 2.24) is 0 Å². The van der Waals surface area contributed by atoms with Crippen LogP contribution in [0.2, 0.25) is 0 Å². The van der Waals surface area contributed by atoms with Crippen LogP contribution in [-0.2, 0) is 9.47 Å². The molecular formula is C12H22O2. The molecule has 1 rings (SSSR count). The number of hydrogen-bond acceptors (Lipinski definition) is 2. The molecule has 0 aromatic heterocycles. The first kappa shape index (κ1) is 11.6. The Labute approximate surface area is 87.3 Å². The summed E-state index contributed by atoms with van der Waals surface area (Å²) in [5, 5.41) is 0. The summed E-state index contributed by atoms with van der Waals surface area (Å²) in [5.41, 5.74) is 1.31. The highest BCUT2D eigenvalue weighted by atomic mass is 16.5. The Kier molecular flexibility index (Phi) is 3.99. The molecule has 82 valence electrons. The summed E-state index contributed by atoms with van der Waals surface area (Å²) in [5.74, 6) is 1.11. The molecule has 0 aromatic rings. The summed E-state index contributed by atoms with van der Waals surface area (Å²) in [6.45, 7) is 8.79. The molecular weight excluding hydrogens is 176 g/mol. The maximum Gasteiger partial charge on any atom is 0.0845 e. The van der Waals surface area contributed by atoms with Gasteiger partial charge in [0.1, 0.15) is 0 Å². The van der Waals surface area contributed by atoms with Crippen LogP contribution in [-0.4, -0.2) is 19.3 Å². The van der Waals surface area contributed by atoms with Gasteiger partial charge >= 0.3 is 0 Å². The standard InChI is InChI=1S/C12H22O2/c1-8(2)11-6-10(7-13-5)12(14-11)9(3)4/h7-9,11-12H,6H2,1-5H3/b10-7+. The zero-order valence-corrected chi connectivity index (χ0v) is 9.91. The predicted octanol–water partition coefficient (Wildman–Crippen LogP) is 2.99. The van der Waals surface area contributed by atoms with Gasteiger partial charge in [-0.3, -0.25) is 0 Å². The zero-order valence-electron chi connectivity index (χ0n) is 9.91. The van der Waals surface area contributed by atoms with E-state index in [1.165, 1.54) is 5.57 Å². The normalized spacial score (nSPS) is 30.6. The van der Waals surface area contributed by atoms with E-state index >= 15 is 0 Å². The molecule has 0 saturated carbocycles. The summed E-state index contributed by atoms with van der Waals surface area (Å²) in [7, 11) is 1.70. The summed E-state index contributed by atoms with van der Waals surface area (Å²) < 4.78 is 11.1. The van der Waals surface area contributed by atoms with E-state index in [2.05, 4.69) is 27.7 Å². The Morgan fingerprint density at radius 1 is 1.29 bits per heavy atom. The molecule has 1 heterocycles. The Morgan fingerprint density at radius 3 is 2.36 bits per heavy atom. The molecule has 2 nitrogen and oxygen atoms in total. The van der Waals surface area contributed by atoms with E-state index in [4.69, 9.17) is 9.47 Å². The molecule has 0 bridgehead atoms. The van der Waals surface area contributed by atoms with E-state index in [0.717, 1.165) is 6.42 Å². The van der Waals surface area contributed by atoms with Gasteiger partial charge in [0.2, 0.25) is 0 Å². The van der Waals surface area contributed by atoms with Crippen LogP contribution in [0.25, 0.3) is 0 Å². The molecule has 0 spiro atoms. The van der Waals surface area contributed by atoms with Crippen LogP contribution in [0.15, 0.2) is 11.8 Å². The summed E-state index contributed by atoms with van der Waals surface area (Å²) in [4.78, 5) is 0. The van der Waals surface area contributed by atoms with Crippen molar-refractivity contribution in [3.8, 4) is 0 Å². The third-order valence-corrected chi connectivity index (χ3v) is 2.74. The second-order valence-corrected chi connectivity index (χ2v) is 4.72. The van der Waals surface area contributed by atoms with Crippen LogP contribution >= 0.6 is 0 Å². The van der Waals surface area contributed by atoms with Crippen LogP contribution in [0.4, 0.5) is 0 Å². The SMILES string of the molecule is CO/C=C1\CC(C(C)C)OC1C(C)C. The van der Waals surface area contributed by atoms with Gasteiger partial charge in [-0.1, -0.05) is 27.7 Å². The lowest BCUT2D eigenvalue weighted by atomic mass is 9.97. The maximum atomic E-state index is 6.00. The van der Waals surface area contributed by atoms with Gasteiger partial charge in [0.05, 0.1) is 25.6 Å². The van der Waals surface area contributed by atoms with Crippen LogP contribution in [0.5, 0.6) is 0 Å². The topological polar surface area (TPSA) is 18.5 Å². The Balaban J connectivity index is 2.70. The third kappa shape index (κ3) is 2.50. The second kappa shape index (κ2) is 4.83. The summed E-state index contributed by atoms with van der Waals surface area (Å²) >= 11 is 0. The molecule has 14 heavy (non-hydrogen) atoms. The van der Waals surface area contributed by atoms with Crippen molar-refractivity contribution < 1.29 is 9.47 Å². The van der Waals surface area contributed by atoms with Crippen LogP contribution in [0, 0.1) is 11.8 Å². The Hall–Kier alpha value is -0.500. The fraction of sp³-hybridized carbons (Fsp3) is 0.833. The minimum Gasteiger partial charge on any atom is -0.504 e. The van der Waals surface area contributed by atoms with Gasteiger partial charge in [-0.15, -0.1) is 0 Å². The molecule has 1 saturated heterocycles. The average Bonchev–Trinajstić information content (AvgIpc) is 2.49. The van der Waals surface area contributed by atoms with Crippen LogP contribution in [0.3, 0.4) is 0 Å². The van der Waals surface area contributed by atoms with Gasteiger partial charge < -0.3 is 9.47 Å². The molecule has 0 N–H and O–H groups in total. The van der Waals surface area contributed by atoms with Crippen molar-refractivity contribution in [3.05, 3.63) is 11.8 Å². The van der Waals surface area contributed by atoms with E-state index in [9.17, 15) is 0 Å². The number of ether oxygens (including phenoxy) is 2. The molecule has 1 aliphatic rings. The van der Waals surface area contributed by atoms with E-state index < -0.39 is 0 Å². The highest BCUT2D eigenvalue weighted by Crippen LogP contribution is 2.33. The molecule has 1 fully saturated rings. The van der Waals surface area contributed by atoms with Gasteiger partial charge in [-0.2, -0.15) is 0 Å². The van der Waals surface area contributed by atoms with E-state index in [-0.39, 0.29) is 6.10 Å². The first-order valence-electron chi connectivity index (χ1n) is 5.43. The lowest BCUT2D eigenvalue weighted by molar-refractivity contribution is 0.00437. The molecule has 2 unspecified atom stereocenters. The fourth-order valence-corrected chi connectivity index (χ4v) is 1.92. The highest BCUT2D eigenvalue weighted by molar-refractivity contribution is 5.13. The number of methoxy groups -OCH3 is 1. The molecule has 0 radical (unpaired) electrons. The van der Waals surface area contributed by atoms with Crippen molar-refractivity contribution in [2.75, 3.05) is 7.11 Å². The first-order chi connectivity index (χ1) is 6.56. The second-order valence-electron chi connectivity index (χ2n) is 4.72. The maximum absolute atomic E-state index is 6.00. The van der Waals surface area contributed by atoms with Gasteiger partial charge in [0.15, 0.2) is 0 Å². The molecule has 0 amide bonds. The van der Waals surface area contributed by atoms with Crippen molar-refractivity contribution in [2.24, 2.45) is 11.8 Å². The van der Waals surface area contributed by atoms with Gasteiger partial charge in [-0.25, -0.2) is 0 Å². The van der Waals surface area contributed by atoms with E-state index in [1.54, 1.807) is 7.11 Å². The first-order valence-corrected chi connectivity index (χ1v) is 5.43. The van der Waals surface area contributed by atoms with E-state index in [0.29, 0.717) is 17.9 Å². The zero-order chi connectivity index (χ0) is 10.7. The number of hydrogen-bond donors (Lipinski definition) is 0. The Morgan fingerprint density at radius 2 is 1.93 bits per heavy atom. The van der Waals surface area contributed by atoms with Gasteiger partial charge in [-0.05, 0) is 17.4 Å². The van der Waals surface area contributed by atoms with Crippen LogP contribution in [0.1, 0.15) is 34.1 Å². The Bertz CT molecular complexity index is 206. The van der Waals surface area contributed by atoms with Gasteiger partial charge in [0.25, 0.3) is 0 Å². The predicted molar refractivity (Wildman–Crippen MR) is 58.0 cm³/mol. The minimum absolute atomic E-state index is 0.252. The lowest BCUT2D eigenvalue weighted by Crippen LogP contribution is -2.20. The minimum atomic E-state index is 0.252. The molecule has 2 atom stereocenters. The summed E-state index contributed by atoms with van der Waals surface area (Å²) in [6.07, 6.45) is 3.49. The fourth-order valence-electron chi connectivity index (χ4n) is 1.92. The van der Waals surface area contributed by atoms with Crippen molar-refractivity contribution >= 4 is 0 Å². The smallest absolute Gasteiger partial charge is 0.0845 e. The molecule has 1 aliphatic heterocycles. The lowest BCUT2D eigenvalue weighted by Gasteiger charge is -2.18.